The third-order valence-corrected chi connectivity index (χ3v) is 8.05. The van der Waals surface area contributed by atoms with Gasteiger partial charge in [-0.3, -0.25) is 9.59 Å². The number of fused-ring (bicyclic) bond motifs is 4. The van der Waals surface area contributed by atoms with Crippen LogP contribution in [-0.2, 0) is 14.3 Å². The van der Waals surface area contributed by atoms with E-state index in [2.05, 4.69) is 29.6 Å². The molecule has 1 saturated carbocycles. The Balaban J connectivity index is 1.10. The molecule has 4 unspecified atom stereocenters. The van der Waals surface area contributed by atoms with Gasteiger partial charge in [0.15, 0.2) is 0 Å². The number of benzene rings is 2. The zero-order valence-corrected chi connectivity index (χ0v) is 20.0. The number of hydrogen-bond acceptors (Lipinski definition) is 4. The average molecular weight is 477 g/mol. The Morgan fingerprint density at radius 3 is 2.34 bits per heavy atom. The van der Waals surface area contributed by atoms with Gasteiger partial charge in [-0.1, -0.05) is 61.9 Å². The number of amides is 2. The summed E-state index contributed by atoms with van der Waals surface area (Å²) in [6, 6.07) is 16.4. The summed E-state index contributed by atoms with van der Waals surface area (Å²) >= 11 is 0. The molecule has 2 aromatic rings. The number of carbonyl (C=O) groups excluding carboxylic acids is 2. The number of carboxylic acids is 1. The quantitative estimate of drug-likeness (QED) is 0.598. The average Bonchev–Trinajstić information content (AvgIpc) is 3.52. The molecule has 2 N–H and O–H groups in total. The molecule has 184 valence electrons. The van der Waals surface area contributed by atoms with Crippen LogP contribution in [0.5, 0.6) is 0 Å². The predicted octanol–water partition coefficient (Wildman–Crippen LogP) is 4.12. The normalized spacial score (nSPS) is 23.0. The maximum Gasteiger partial charge on any atom is 0.407 e. The molecule has 35 heavy (non-hydrogen) atoms. The Labute approximate surface area is 205 Å². The lowest BCUT2D eigenvalue weighted by Crippen LogP contribution is -2.39. The minimum atomic E-state index is -0.743. The Kier molecular flexibility index (Phi) is 6.50. The molecule has 2 amide bonds. The molecule has 1 aliphatic heterocycles. The molecule has 0 radical (unpaired) electrons. The number of likely N-dealkylation sites (tertiary alicyclic amines) is 1. The van der Waals surface area contributed by atoms with E-state index >= 15 is 0 Å². The van der Waals surface area contributed by atoms with E-state index in [4.69, 9.17) is 4.74 Å². The van der Waals surface area contributed by atoms with Crippen molar-refractivity contribution in [3.63, 3.8) is 0 Å². The number of alkyl carbamates (subject to hydrolysis) is 1. The number of rotatable bonds is 8. The highest BCUT2D eigenvalue weighted by Gasteiger charge is 2.57. The largest absolute Gasteiger partial charge is 0.481 e. The number of piperidine rings is 1. The standard InChI is InChI=1S/C28H32N2O5/c1-2-17(13-25(31)30-12-11-22-23(15-30)26(22)27(32)33)14-29-28(34)35-16-24-20-9-5-3-7-18(20)19-8-4-6-10-21(19)24/h3-10,17,22-24,26H,2,11-16H2,1H3,(H,29,34)(H,32,33). The van der Waals surface area contributed by atoms with E-state index in [-0.39, 0.29) is 42.1 Å². The van der Waals surface area contributed by atoms with Crippen LogP contribution in [0.1, 0.15) is 43.2 Å². The minimum absolute atomic E-state index is 0.00943. The van der Waals surface area contributed by atoms with Crippen molar-refractivity contribution in [1.29, 1.82) is 0 Å². The van der Waals surface area contributed by atoms with Crippen LogP contribution in [0, 0.1) is 23.7 Å². The summed E-state index contributed by atoms with van der Waals surface area (Å²) in [4.78, 5) is 38.4. The number of nitrogens with one attached hydrogen (secondary N) is 1. The molecule has 1 saturated heterocycles. The van der Waals surface area contributed by atoms with Crippen LogP contribution < -0.4 is 5.32 Å². The summed E-state index contributed by atoms with van der Waals surface area (Å²) in [7, 11) is 0. The number of aliphatic carboxylic acids is 1. The van der Waals surface area contributed by atoms with Crippen molar-refractivity contribution in [2.24, 2.45) is 23.7 Å². The first-order chi connectivity index (χ1) is 17.0. The fourth-order valence-electron chi connectivity index (χ4n) is 5.95. The Morgan fingerprint density at radius 1 is 1.06 bits per heavy atom. The fraction of sp³-hybridized carbons (Fsp3) is 0.464. The van der Waals surface area contributed by atoms with E-state index in [0.29, 0.717) is 26.1 Å². The predicted molar refractivity (Wildman–Crippen MR) is 131 cm³/mol. The van der Waals surface area contributed by atoms with E-state index < -0.39 is 12.1 Å². The van der Waals surface area contributed by atoms with Crippen molar-refractivity contribution >= 4 is 18.0 Å². The van der Waals surface area contributed by atoms with Crippen molar-refractivity contribution < 1.29 is 24.2 Å². The zero-order valence-electron chi connectivity index (χ0n) is 20.0. The van der Waals surface area contributed by atoms with Crippen LogP contribution in [0.15, 0.2) is 48.5 Å². The second-order valence-electron chi connectivity index (χ2n) is 10.0. The Bertz CT molecular complexity index is 1090. The molecule has 2 aliphatic carbocycles. The van der Waals surface area contributed by atoms with Gasteiger partial charge in [0.1, 0.15) is 6.61 Å². The maximum absolute atomic E-state index is 12.8. The van der Waals surface area contributed by atoms with Gasteiger partial charge in [-0.05, 0) is 46.4 Å². The summed E-state index contributed by atoms with van der Waals surface area (Å²) in [5.41, 5.74) is 4.71. The topological polar surface area (TPSA) is 95.9 Å². The molecule has 0 bridgehead atoms. The first kappa shape index (κ1) is 23.4. The zero-order chi connectivity index (χ0) is 24.5. The molecule has 2 fully saturated rings. The highest BCUT2D eigenvalue weighted by molar-refractivity contribution is 5.80. The number of hydrogen-bond donors (Lipinski definition) is 2. The van der Waals surface area contributed by atoms with E-state index in [1.165, 1.54) is 22.3 Å². The lowest BCUT2D eigenvalue weighted by molar-refractivity contribution is -0.139. The SMILES string of the molecule is CCC(CNC(=O)OCC1c2ccccc2-c2ccccc21)CC(=O)N1CCC2C(C1)C2C(=O)O. The molecule has 2 aromatic carbocycles. The van der Waals surface area contributed by atoms with Crippen LogP contribution in [0.25, 0.3) is 11.1 Å². The first-order valence-corrected chi connectivity index (χ1v) is 12.6. The van der Waals surface area contributed by atoms with Crippen molar-refractivity contribution in [2.75, 3.05) is 26.2 Å². The van der Waals surface area contributed by atoms with Crippen molar-refractivity contribution in [2.45, 2.75) is 32.1 Å². The summed E-state index contributed by atoms with van der Waals surface area (Å²) in [6.07, 6.45) is 1.39. The van der Waals surface area contributed by atoms with Crippen LogP contribution in [0.4, 0.5) is 4.79 Å². The van der Waals surface area contributed by atoms with Gasteiger partial charge in [-0.25, -0.2) is 4.79 Å². The molecule has 7 heteroatoms. The molecule has 1 heterocycles. The highest BCUT2D eigenvalue weighted by Crippen LogP contribution is 2.51. The summed E-state index contributed by atoms with van der Waals surface area (Å²) in [6.45, 7) is 3.80. The molecule has 0 spiro atoms. The monoisotopic (exact) mass is 476 g/mol. The number of nitrogens with zero attached hydrogens (tertiary/aromatic N) is 1. The molecular formula is C28H32N2O5. The molecule has 5 rings (SSSR count). The maximum atomic E-state index is 12.8. The second kappa shape index (κ2) is 9.72. The van der Waals surface area contributed by atoms with Crippen molar-refractivity contribution in [3.8, 4) is 11.1 Å². The van der Waals surface area contributed by atoms with Crippen LogP contribution in [-0.4, -0.2) is 54.2 Å². The Hall–Kier alpha value is -3.35. The molecule has 7 nitrogen and oxygen atoms in total. The van der Waals surface area contributed by atoms with Gasteiger partial charge in [0.05, 0.1) is 5.92 Å². The third kappa shape index (κ3) is 4.64. The number of ether oxygens (including phenoxy) is 1. The van der Waals surface area contributed by atoms with Gasteiger partial charge in [-0.15, -0.1) is 0 Å². The van der Waals surface area contributed by atoms with E-state index in [0.717, 1.165) is 12.8 Å². The van der Waals surface area contributed by atoms with Gasteiger partial charge < -0.3 is 20.1 Å². The van der Waals surface area contributed by atoms with Gasteiger partial charge >= 0.3 is 12.1 Å². The summed E-state index contributed by atoms with van der Waals surface area (Å²) in [5, 5.41) is 12.1. The van der Waals surface area contributed by atoms with Gasteiger partial charge in [-0.2, -0.15) is 0 Å². The van der Waals surface area contributed by atoms with Crippen LogP contribution >= 0.6 is 0 Å². The molecule has 0 aromatic heterocycles. The van der Waals surface area contributed by atoms with Gasteiger partial charge in [0.25, 0.3) is 0 Å². The van der Waals surface area contributed by atoms with Gasteiger partial charge in [0.2, 0.25) is 5.91 Å². The van der Waals surface area contributed by atoms with Gasteiger partial charge in [0, 0.05) is 32.0 Å². The van der Waals surface area contributed by atoms with Crippen LogP contribution in [0.3, 0.4) is 0 Å². The van der Waals surface area contributed by atoms with Crippen molar-refractivity contribution in [3.05, 3.63) is 59.7 Å². The molecule has 4 atom stereocenters. The second-order valence-corrected chi connectivity index (χ2v) is 10.0. The van der Waals surface area contributed by atoms with Crippen molar-refractivity contribution in [1.82, 2.24) is 10.2 Å². The molecular weight excluding hydrogens is 444 g/mol. The summed E-state index contributed by atoms with van der Waals surface area (Å²) in [5.74, 6) is -0.636. The smallest absolute Gasteiger partial charge is 0.407 e. The molecule has 3 aliphatic rings. The highest BCUT2D eigenvalue weighted by atomic mass is 16.5. The summed E-state index contributed by atoms with van der Waals surface area (Å²) < 4.78 is 5.61. The minimum Gasteiger partial charge on any atom is -0.481 e. The fourth-order valence-corrected chi connectivity index (χ4v) is 5.95. The first-order valence-electron chi connectivity index (χ1n) is 12.6. The van der Waals surface area contributed by atoms with E-state index in [1.807, 2.05) is 31.2 Å². The lowest BCUT2D eigenvalue weighted by atomic mass is 9.98. The van der Waals surface area contributed by atoms with E-state index in [1.54, 1.807) is 4.90 Å². The Morgan fingerprint density at radius 2 is 1.71 bits per heavy atom. The third-order valence-electron chi connectivity index (χ3n) is 8.05. The lowest BCUT2D eigenvalue weighted by Gasteiger charge is -2.28. The van der Waals surface area contributed by atoms with E-state index in [9.17, 15) is 19.5 Å². The number of carbonyl (C=O) groups is 3. The van der Waals surface area contributed by atoms with Crippen LogP contribution in [0.2, 0.25) is 0 Å². The number of carboxylic acid groups (broad SMARTS) is 1.